The van der Waals surface area contributed by atoms with Crippen molar-refractivity contribution in [3.8, 4) is 23.0 Å². The maximum atomic E-state index is 12.9. The van der Waals surface area contributed by atoms with Crippen LogP contribution in [0.2, 0.25) is 0 Å². The van der Waals surface area contributed by atoms with E-state index >= 15 is 0 Å². The molecular weight excluding hydrogens is 454 g/mol. The highest BCUT2D eigenvalue weighted by Crippen LogP contribution is 2.49. The summed E-state index contributed by atoms with van der Waals surface area (Å²) in [4.78, 5) is 14.6. The van der Waals surface area contributed by atoms with Gasteiger partial charge in [-0.2, -0.15) is 0 Å². The molecule has 0 aromatic heterocycles. The zero-order chi connectivity index (χ0) is 21.8. The van der Waals surface area contributed by atoms with Crippen LogP contribution in [0.3, 0.4) is 0 Å². The Kier molecular flexibility index (Phi) is 6.97. The van der Waals surface area contributed by atoms with E-state index in [0.717, 1.165) is 21.2 Å². The van der Waals surface area contributed by atoms with Crippen LogP contribution in [0.15, 0.2) is 28.7 Å². The molecule has 3 rings (SSSR count). The Morgan fingerprint density at radius 2 is 1.77 bits per heavy atom. The van der Waals surface area contributed by atoms with Crippen molar-refractivity contribution in [1.29, 1.82) is 0 Å². The monoisotopic (exact) mass is 479 g/mol. The predicted octanol–water partition coefficient (Wildman–Crippen LogP) is 4.59. The molecule has 8 heteroatoms. The van der Waals surface area contributed by atoms with E-state index in [9.17, 15) is 4.79 Å². The SMILES string of the molecule is CCOC(=O)N1CCc2c(cc(OC)c(OC)c2OC)C1c1cc(OC)ccc1Br. The molecule has 0 saturated carbocycles. The lowest BCUT2D eigenvalue weighted by Crippen LogP contribution is -2.41. The smallest absolute Gasteiger partial charge is 0.410 e. The van der Waals surface area contributed by atoms with Crippen LogP contribution in [0.5, 0.6) is 23.0 Å². The number of rotatable bonds is 6. The molecular formula is C22H26BrNO6. The minimum Gasteiger partial charge on any atom is -0.497 e. The number of methoxy groups -OCH3 is 4. The van der Waals surface area contributed by atoms with Gasteiger partial charge in [-0.1, -0.05) is 15.9 Å². The summed E-state index contributed by atoms with van der Waals surface area (Å²) < 4.78 is 28.5. The Bertz CT molecular complexity index is 932. The average Bonchev–Trinajstić information content (AvgIpc) is 2.77. The van der Waals surface area contributed by atoms with E-state index in [2.05, 4.69) is 15.9 Å². The molecule has 0 fully saturated rings. The van der Waals surface area contributed by atoms with Crippen molar-refractivity contribution in [3.05, 3.63) is 45.4 Å². The van der Waals surface area contributed by atoms with Crippen molar-refractivity contribution in [3.63, 3.8) is 0 Å². The van der Waals surface area contributed by atoms with Crippen molar-refractivity contribution >= 4 is 22.0 Å². The van der Waals surface area contributed by atoms with Gasteiger partial charge in [-0.3, -0.25) is 4.90 Å². The van der Waals surface area contributed by atoms with E-state index in [1.54, 1.807) is 40.3 Å². The number of nitrogens with zero attached hydrogens (tertiary/aromatic N) is 1. The topological polar surface area (TPSA) is 66.5 Å². The molecule has 2 aromatic rings. The highest BCUT2D eigenvalue weighted by Gasteiger charge is 2.37. The molecule has 1 atom stereocenters. The Hall–Kier alpha value is -2.61. The van der Waals surface area contributed by atoms with Gasteiger partial charge in [0.1, 0.15) is 5.75 Å². The van der Waals surface area contributed by atoms with Crippen LogP contribution in [0.1, 0.15) is 29.7 Å². The van der Waals surface area contributed by atoms with Gasteiger partial charge in [0.15, 0.2) is 11.5 Å². The first kappa shape index (κ1) is 22.1. The van der Waals surface area contributed by atoms with Gasteiger partial charge in [0.05, 0.1) is 41.1 Å². The second-order valence-electron chi connectivity index (χ2n) is 6.65. The van der Waals surface area contributed by atoms with Crippen LogP contribution in [-0.2, 0) is 11.2 Å². The molecule has 1 aliphatic rings. The molecule has 0 saturated heterocycles. The van der Waals surface area contributed by atoms with Gasteiger partial charge in [-0.15, -0.1) is 0 Å². The van der Waals surface area contributed by atoms with Gasteiger partial charge >= 0.3 is 6.09 Å². The Morgan fingerprint density at radius 3 is 2.37 bits per heavy atom. The molecule has 30 heavy (non-hydrogen) atoms. The number of ether oxygens (including phenoxy) is 5. The first-order valence-corrected chi connectivity index (χ1v) is 10.4. The molecule has 0 bridgehead atoms. The van der Waals surface area contributed by atoms with Gasteiger partial charge in [-0.25, -0.2) is 4.79 Å². The summed E-state index contributed by atoms with van der Waals surface area (Å²) in [6.45, 7) is 2.55. The fourth-order valence-corrected chi connectivity index (χ4v) is 4.33. The summed E-state index contributed by atoms with van der Waals surface area (Å²) >= 11 is 3.64. The quantitative estimate of drug-likeness (QED) is 0.603. The van der Waals surface area contributed by atoms with Gasteiger partial charge in [0, 0.05) is 16.6 Å². The third-order valence-electron chi connectivity index (χ3n) is 5.18. The second-order valence-corrected chi connectivity index (χ2v) is 7.50. The van der Waals surface area contributed by atoms with Crippen molar-refractivity contribution in [2.75, 3.05) is 41.6 Å². The van der Waals surface area contributed by atoms with Crippen molar-refractivity contribution in [2.45, 2.75) is 19.4 Å². The normalized spacial score (nSPS) is 15.3. The Morgan fingerprint density at radius 1 is 1.03 bits per heavy atom. The minimum atomic E-state index is -0.425. The lowest BCUT2D eigenvalue weighted by atomic mass is 9.87. The van der Waals surface area contributed by atoms with Crippen molar-refractivity contribution < 1.29 is 28.5 Å². The van der Waals surface area contributed by atoms with Gasteiger partial charge in [0.2, 0.25) is 5.75 Å². The van der Waals surface area contributed by atoms with Crippen LogP contribution in [0, 0.1) is 0 Å². The zero-order valence-corrected chi connectivity index (χ0v) is 19.4. The molecule has 0 aliphatic carbocycles. The standard InChI is InChI=1S/C22H26BrNO6/c1-6-30-22(25)24-10-9-14-15(12-18(27-3)21(29-5)20(14)28-4)19(24)16-11-13(26-2)7-8-17(16)23/h7-8,11-12,19H,6,9-10H2,1-5H3. The molecule has 1 amide bonds. The molecule has 1 heterocycles. The first-order valence-electron chi connectivity index (χ1n) is 9.59. The fraction of sp³-hybridized carbons (Fsp3) is 0.409. The third kappa shape index (κ3) is 3.88. The number of fused-ring (bicyclic) bond motifs is 1. The molecule has 0 spiro atoms. The molecule has 1 aliphatic heterocycles. The fourth-order valence-electron chi connectivity index (χ4n) is 3.86. The average molecular weight is 480 g/mol. The number of benzene rings is 2. The number of hydrogen-bond donors (Lipinski definition) is 0. The Balaban J connectivity index is 2.29. The molecule has 162 valence electrons. The van der Waals surface area contributed by atoms with Gasteiger partial charge in [-0.05, 0) is 48.7 Å². The molecule has 0 N–H and O–H groups in total. The Labute approximate surface area is 184 Å². The lowest BCUT2D eigenvalue weighted by Gasteiger charge is -2.38. The number of amides is 1. The summed E-state index contributed by atoms with van der Waals surface area (Å²) in [5, 5.41) is 0. The van der Waals surface area contributed by atoms with E-state index in [0.29, 0.717) is 42.6 Å². The van der Waals surface area contributed by atoms with Crippen molar-refractivity contribution in [1.82, 2.24) is 4.90 Å². The summed E-state index contributed by atoms with van der Waals surface area (Å²) in [6, 6.07) is 7.16. The number of carbonyl (C=O) groups is 1. The summed E-state index contributed by atoms with van der Waals surface area (Å²) in [5.41, 5.74) is 2.73. The van der Waals surface area contributed by atoms with Gasteiger partial charge < -0.3 is 23.7 Å². The maximum absolute atomic E-state index is 12.9. The minimum absolute atomic E-state index is 0.295. The lowest BCUT2D eigenvalue weighted by molar-refractivity contribution is 0.0932. The molecule has 0 radical (unpaired) electrons. The summed E-state index contributed by atoms with van der Waals surface area (Å²) in [7, 11) is 6.37. The zero-order valence-electron chi connectivity index (χ0n) is 17.8. The second kappa shape index (κ2) is 9.47. The van der Waals surface area contributed by atoms with Crippen LogP contribution in [0.4, 0.5) is 4.79 Å². The predicted molar refractivity (Wildman–Crippen MR) is 116 cm³/mol. The third-order valence-corrected chi connectivity index (χ3v) is 5.90. The van der Waals surface area contributed by atoms with E-state index in [-0.39, 0.29) is 6.09 Å². The summed E-state index contributed by atoms with van der Waals surface area (Å²) in [5.74, 6) is 2.37. The molecule has 2 aromatic carbocycles. The van der Waals surface area contributed by atoms with Gasteiger partial charge in [0.25, 0.3) is 0 Å². The highest BCUT2D eigenvalue weighted by molar-refractivity contribution is 9.10. The van der Waals surface area contributed by atoms with Crippen LogP contribution >= 0.6 is 15.9 Å². The van der Waals surface area contributed by atoms with Crippen LogP contribution in [-0.4, -0.2) is 52.6 Å². The highest BCUT2D eigenvalue weighted by atomic mass is 79.9. The maximum Gasteiger partial charge on any atom is 0.410 e. The van der Waals surface area contributed by atoms with Crippen molar-refractivity contribution in [2.24, 2.45) is 0 Å². The first-order chi connectivity index (χ1) is 14.5. The largest absolute Gasteiger partial charge is 0.497 e. The van der Waals surface area contributed by atoms with Crippen LogP contribution < -0.4 is 18.9 Å². The molecule has 7 nitrogen and oxygen atoms in total. The van der Waals surface area contributed by atoms with E-state index in [4.69, 9.17) is 23.7 Å². The van der Waals surface area contributed by atoms with E-state index in [1.807, 2.05) is 24.3 Å². The van der Waals surface area contributed by atoms with E-state index in [1.165, 1.54) is 0 Å². The van der Waals surface area contributed by atoms with Crippen LogP contribution in [0.25, 0.3) is 0 Å². The summed E-state index contributed by atoms with van der Waals surface area (Å²) in [6.07, 6.45) is 0.215. The molecule has 1 unspecified atom stereocenters. The number of carbonyl (C=O) groups excluding carboxylic acids is 1. The number of hydrogen-bond acceptors (Lipinski definition) is 6. The van der Waals surface area contributed by atoms with E-state index < -0.39 is 6.04 Å². The number of halogens is 1.